The third-order valence-electron chi connectivity index (χ3n) is 3.36. The Kier molecular flexibility index (Phi) is 5.50. The van der Waals surface area contributed by atoms with Gasteiger partial charge in [-0.3, -0.25) is 9.59 Å². The molecule has 0 aliphatic rings. The molecule has 1 heterocycles. The van der Waals surface area contributed by atoms with E-state index in [1.165, 1.54) is 7.05 Å². The number of nitrogens with zero attached hydrogens (tertiary/aromatic N) is 2. The molecule has 0 spiro atoms. The summed E-state index contributed by atoms with van der Waals surface area (Å²) in [6.45, 7) is 1.05. The Labute approximate surface area is 147 Å². The Balaban J connectivity index is 2.77. The van der Waals surface area contributed by atoms with Crippen molar-refractivity contribution >= 4 is 16.7 Å². The quantitative estimate of drug-likeness (QED) is 0.628. The average molecular weight is 390 g/mol. The Morgan fingerprint density at radius 2 is 1.92 bits per heavy atom. The number of halogens is 3. The summed E-state index contributed by atoms with van der Waals surface area (Å²) in [7, 11) is -1.76. The molecule has 2 aromatic rings. The van der Waals surface area contributed by atoms with E-state index in [1.54, 1.807) is 0 Å². The monoisotopic (exact) mass is 390 g/mol. The molecule has 2 rings (SSSR count). The van der Waals surface area contributed by atoms with Crippen LogP contribution in [0.1, 0.15) is 18.1 Å². The zero-order valence-corrected chi connectivity index (χ0v) is 14.4. The fourth-order valence-corrected chi connectivity index (χ4v) is 2.79. The van der Waals surface area contributed by atoms with E-state index < -0.39 is 45.5 Å². The van der Waals surface area contributed by atoms with Gasteiger partial charge in [0.15, 0.2) is 0 Å². The van der Waals surface area contributed by atoms with Crippen LogP contribution in [0.2, 0.25) is 0 Å². The lowest BCUT2D eigenvalue weighted by molar-refractivity contribution is -0.137. The van der Waals surface area contributed by atoms with Crippen molar-refractivity contribution in [3.05, 3.63) is 45.9 Å². The summed E-state index contributed by atoms with van der Waals surface area (Å²) in [5, 5.41) is 3.75. The lowest BCUT2D eigenvalue weighted by Crippen LogP contribution is -2.23. The van der Waals surface area contributed by atoms with Gasteiger partial charge in [0.05, 0.1) is 23.1 Å². The van der Waals surface area contributed by atoms with Crippen molar-refractivity contribution in [2.75, 3.05) is 0 Å². The second-order valence-corrected chi connectivity index (χ2v) is 6.25. The van der Waals surface area contributed by atoms with E-state index in [2.05, 4.69) is 5.10 Å². The fourth-order valence-electron chi connectivity index (χ4n) is 2.25. The first-order valence-corrected chi connectivity index (χ1v) is 8.44. The standard InChI is InChI=1S/C15H13F3N2O5S/c1-8(21)25-13-12(6-19-20(2)14(13)22)11-4-3-10(15(16,17)18)5-9(11)7-26(23)24/h3-6,26H,7H2,1-2H3. The van der Waals surface area contributed by atoms with Crippen LogP contribution >= 0.6 is 0 Å². The highest BCUT2D eigenvalue weighted by Gasteiger charge is 2.31. The van der Waals surface area contributed by atoms with Gasteiger partial charge in [-0.05, 0) is 23.3 Å². The maximum atomic E-state index is 12.9. The van der Waals surface area contributed by atoms with Gasteiger partial charge in [-0.1, -0.05) is 6.07 Å². The molecule has 26 heavy (non-hydrogen) atoms. The minimum absolute atomic E-state index is 0.00125. The minimum Gasteiger partial charge on any atom is -0.420 e. The number of esters is 1. The van der Waals surface area contributed by atoms with E-state index in [1.807, 2.05) is 0 Å². The Hall–Kier alpha value is -2.69. The van der Waals surface area contributed by atoms with Crippen LogP contribution < -0.4 is 10.3 Å². The molecule has 0 N–H and O–H groups in total. The van der Waals surface area contributed by atoms with Crippen LogP contribution in [0.25, 0.3) is 11.1 Å². The van der Waals surface area contributed by atoms with Crippen molar-refractivity contribution in [3.63, 3.8) is 0 Å². The van der Waals surface area contributed by atoms with Gasteiger partial charge in [0.25, 0.3) is 0 Å². The summed E-state index contributed by atoms with van der Waals surface area (Å²) in [5.41, 5.74) is -2.11. The molecular formula is C15H13F3N2O5S. The first kappa shape index (κ1) is 19.6. The molecular weight excluding hydrogens is 377 g/mol. The van der Waals surface area contributed by atoms with Gasteiger partial charge in [-0.15, -0.1) is 0 Å². The van der Waals surface area contributed by atoms with Gasteiger partial charge in [-0.2, -0.15) is 18.3 Å². The molecule has 1 aromatic heterocycles. The molecule has 0 radical (unpaired) electrons. The van der Waals surface area contributed by atoms with Crippen LogP contribution in [0, 0.1) is 0 Å². The van der Waals surface area contributed by atoms with Gasteiger partial charge in [-0.25, -0.2) is 13.1 Å². The van der Waals surface area contributed by atoms with Crippen LogP contribution in [0.15, 0.2) is 29.2 Å². The molecule has 0 aliphatic heterocycles. The first-order valence-electron chi connectivity index (χ1n) is 7.07. The van der Waals surface area contributed by atoms with Crippen molar-refractivity contribution in [3.8, 4) is 16.9 Å². The first-order chi connectivity index (χ1) is 12.0. The van der Waals surface area contributed by atoms with E-state index in [9.17, 15) is 31.2 Å². The average Bonchev–Trinajstić information content (AvgIpc) is 2.50. The Morgan fingerprint density at radius 1 is 1.27 bits per heavy atom. The van der Waals surface area contributed by atoms with Gasteiger partial charge < -0.3 is 4.74 Å². The van der Waals surface area contributed by atoms with Crippen molar-refractivity contribution in [2.45, 2.75) is 18.9 Å². The summed E-state index contributed by atoms with van der Waals surface area (Å²) in [6.07, 6.45) is -3.56. The molecule has 0 bridgehead atoms. The second kappa shape index (κ2) is 7.28. The van der Waals surface area contributed by atoms with Crippen LogP contribution in [-0.2, 0) is 34.5 Å². The Bertz CT molecular complexity index is 988. The number of hydrogen-bond acceptors (Lipinski definition) is 6. The van der Waals surface area contributed by atoms with E-state index in [4.69, 9.17) is 4.74 Å². The van der Waals surface area contributed by atoms with Crippen molar-refractivity contribution in [2.24, 2.45) is 7.05 Å². The fraction of sp³-hybridized carbons (Fsp3) is 0.267. The van der Waals surface area contributed by atoms with E-state index in [0.29, 0.717) is 6.07 Å². The van der Waals surface area contributed by atoms with Crippen LogP contribution in [0.4, 0.5) is 13.2 Å². The number of carbonyl (C=O) groups excluding carboxylic acids is 1. The number of aromatic nitrogens is 2. The summed E-state index contributed by atoms with van der Waals surface area (Å²) in [5.74, 6) is -1.96. The van der Waals surface area contributed by atoms with E-state index in [0.717, 1.165) is 29.9 Å². The van der Waals surface area contributed by atoms with Crippen molar-refractivity contribution in [1.29, 1.82) is 0 Å². The number of alkyl halides is 3. The number of aryl methyl sites for hydroxylation is 1. The largest absolute Gasteiger partial charge is 0.420 e. The molecule has 0 unspecified atom stereocenters. The van der Waals surface area contributed by atoms with Gasteiger partial charge in [0, 0.05) is 14.0 Å². The SMILES string of the molecule is CC(=O)Oc1c(-c2ccc(C(F)(F)F)cc2C[SH](=O)=O)cnn(C)c1=O. The van der Waals surface area contributed by atoms with Crippen molar-refractivity contribution in [1.82, 2.24) is 9.78 Å². The molecule has 1 aromatic carbocycles. The lowest BCUT2D eigenvalue weighted by Gasteiger charge is -2.14. The summed E-state index contributed by atoms with van der Waals surface area (Å²) in [4.78, 5) is 23.5. The molecule has 140 valence electrons. The number of carbonyl (C=O) groups is 1. The molecule has 7 nitrogen and oxygen atoms in total. The highest BCUT2D eigenvalue weighted by Crippen LogP contribution is 2.35. The van der Waals surface area contributed by atoms with Crippen LogP contribution in [0.3, 0.4) is 0 Å². The summed E-state index contributed by atoms with van der Waals surface area (Å²) >= 11 is 0. The lowest BCUT2D eigenvalue weighted by atomic mass is 9.99. The molecule has 0 amide bonds. The molecule has 0 fully saturated rings. The number of hydrogen-bond donors (Lipinski definition) is 1. The zero-order chi connectivity index (χ0) is 19.6. The highest BCUT2D eigenvalue weighted by atomic mass is 32.2. The smallest absolute Gasteiger partial charge is 0.416 e. The Morgan fingerprint density at radius 3 is 2.46 bits per heavy atom. The van der Waals surface area contributed by atoms with E-state index in [-0.39, 0.29) is 16.7 Å². The maximum Gasteiger partial charge on any atom is 0.416 e. The second-order valence-electron chi connectivity index (χ2n) is 5.27. The van der Waals surface area contributed by atoms with E-state index >= 15 is 0 Å². The summed E-state index contributed by atoms with van der Waals surface area (Å²) in [6, 6.07) is 2.43. The van der Waals surface area contributed by atoms with Gasteiger partial charge in [0.1, 0.15) is 10.7 Å². The molecule has 0 saturated heterocycles. The zero-order valence-electron chi connectivity index (χ0n) is 13.5. The summed E-state index contributed by atoms with van der Waals surface area (Å²) < 4.78 is 66.7. The molecule has 11 heteroatoms. The van der Waals surface area contributed by atoms with Crippen LogP contribution in [-0.4, -0.2) is 24.2 Å². The van der Waals surface area contributed by atoms with Crippen molar-refractivity contribution < 1.29 is 31.1 Å². The molecule has 0 aliphatic carbocycles. The van der Waals surface area contributed by atoms with Crippen LogP contribution in [0.5, 0.6) is 5.75 Å². The number of thiol groups is 1. The number of benzene rings is 1. The van der Waals surface area contributed by atoms with Gasteiger partial charge in [0.2, 0.25) is 5.75 Å². The molecule has 0 saturated carbocycles. The highest BCUT2D eigenvalue weighted by molar-refractivity contribution is 7.71. The van der Waals surface area contributed by atoms with Gasteiger partial charge >= 0.3 is 17.7 Å². The third kappa shape index (κ3) is 4.28. The maximum absolute atomic E-state index is 12.9. The number of ether oxygens (including phenoxy) is 1. The normalized spacial score (nSPS) is 11.6. The predicted molar refractivity (Wildman–Crippen MR) is 85.2 cm³/mol. The predicted octanol–water partition coefficient (Wildman–Crippen LogP) is 1.50. The molecule has 0 atom stereocenters. The number of rotatable bonds is 4. The third-order valence-corrected chi connectivity index (χ3v) is 3.96. The minimum atomic E-state index is -4.68. The topological polar surface area (TPSA) is 95.3 Å².